The highest BCUT2D eigenvalue weighted by atomic mass is 35.5. The lowest BCUT2D eigenvalue weighted by Gasteiger charge is -2.15. The second kappa shape index (κ2) is 10.8. The maximum Gasteiger partial charge on any atom is 0.336 e. The fourth-order valence-electron chi connectivity index (χ4n) is 2.86. The fourth-order valence-corrected chi connectivity index (χ4v) is 3.98. The quantitative estimate of drug-likeness (QED) is 0.391. The van der Waals surface area contributed by atoms with Gasteiger partial charge in [0.05, 0.1) is 21.4 Å². The highest BCUT2D eigenvalue weighted by Crippen LogP contribution is 2.29. The van der Waals surface area contributed by atoms with E-state index in [0.29, 0.717) is 22.9 Å². The minimum atomic E-state index is -1.17. The van der Waals surface area contributed by atoms with Crippen LogP contribution in [0.25, 0.3) is 0 Å². The van der Waals surface area contributed by atoms with E-state index in [2.05, 4.69) is 15.6 Å². The Morgan fingerprint density at radius 1 is 1.03 bits per heavy atom. The van der Waals surface area contributed by atoms with Crippen LogP contribution < -0.4 is 10.6 Å². The van der Waals surface area contributed by atoms with E-state index in [9.17, 15) is 19.5 Å². The van der Waals surface area contributed by atoms with Crippen molar-refractivity contribution in [3.8, 4) is 0 Å². The van der Waals surface area contributed by atoms with Crippen LogP contribution in [0.15, 0.2) is 71.8 Å². The molecule has 3 rings (SSSR count). The van der Waals surface area contributed by atoms with Crippen LogP contribution in [0.1, 0.15) is 34.1 Å². The smallest absolute Gasteiger partial charge is 0.336 e. The number of pyridine rings is 1. The summed E-state index contributed by atoms with van der Waals surface area (Å²) in [5.74, 6) is -1.48. The molecule has 3 aromatic rings. The molecule has 0 saturated carbocycles. The Bertz CT molecular complexity index is 1140. The molecule has 0 aliphatic carbocycles. The van der Waals surface area contributed by atoms with Crippen LogP contribution in [0.2, 0.25) is 5.02 Å². The summed E-state index contributed by atoms with van der Waals surface area (Å²) in [6.45, 7) is 1.90. The molecule has 7 nitrogen and oxygen atoms in total. The third-order valence-electron chi connectivity index (χ3n) is 4.41. The summed E-state index contributed by atoms with van der Waals surface area (Å²) in [5.41, 5.74) is 0.489. The predicted molar refractivity (Wildman–Crippen MR) is 126 cm³/mol. The van der Waals surface area contributed by atoms with Gasteiger partial charge in [-0.15, -0.1) is 11.8 Å². The number of carbonyl (C=O) groups is 3. The molecule has 1 aromatic heterocycles. The SMILES string of the molecule is CCC(Sc1cccc(NC(=O)c2ccccc2C(=O)O)c1)C(=O)Nc1ccc(Cl)cn1. The van der Waals surface area contributed by atoms with Gasteiger partial charge < -0.3 is 15.7 Å². The van der Waals surface area contributed by atoms with Crippen LogP contribution >= 0.6 is 23.4 Å². The second-order valence-corrected chi connectivity index (χ2v) is 8.41. The number of anilines is 2. The average Bonchev–Trinajstić information content (AvgIpc) is 2.79. The number of aromatic nitrogens is 1. The molecule has 32 heavy (non-hydrogen) atoms. The lowest BCUT2D eigenvalue weighted by molar-refractivity contribution is -0.115. The number of rotatable bonds is 8. The normalized spacial score (nSPS) is 11.4. The number of halogens is 1. The number of aromatic carboxylic acids is 1. The Morgan fingerprint density at radius 3 is 2.44 bits per heavy atom. The summed E-state index contributed by atoms with van der Waals surface area (Å²) in [6, 6.07) is 16.3. The van der Waals surface area contributed by atoms with Gasteiger partial charge in [0.15, 0.2) is 0 Å². The molecule has 0 saturated heterocycles. The van der Waals surface area contributed by atoms with Crippen molar-refractivity contribution < 1.29 is 19.5 Å². The van der Waals surface area contributed by atoms with Gasteiger partial charge in [0.25, 0.3) is 5.91 Å². The molecule has 164 valence electrons. The number of hydrogen-bond donors (Lipinski definition) is 3. The molecule has 1 heterocycles. The maximum absolute atomic E-state index is 12.7. The number of hydrogen-bond acceptors (Lipinski definition) is 5. The molecule has 1 atom stereocenters. The van der Waals surface area contributed by atoms with Crippen molar-refractivity contribution in [1.82, 2.24) is 4.98 Å². The topological polar surface area (TPSA) is 108 Å². The Hall–Kier alpha value is -3.36. The third kappa shape index (κ3) is 6.09. The van der Waals surface area contributed by atoms with Gasteiger partial charge in [-0.25, -0.2) is 9.78 Å². The lowest BCUT2D eigenvalue weighted by atomic mass is 10.1. The van der Waals surface area contributed by atoms with E-state index in [0.717, 1.165) is 4.90 Å². The largest absolute Gasteiger partial charge is 0.478 e. The number of nitrogens with one attached hydrogen (secondary N) is 2. The summed E-state index contributed by atoms with van der Waals surface area (Å²) in [7, 11) is 0. The van der Waals surface area contributed by atoms with Gasteiger partial charge in [-0.2, -0.15) is 0 Å². The highest BCUT2D eigenvalue weighted by molar-refractivity contribution is 8.00. The van der Waals surface area contributed by atoms with E-state index in [4.69, 9.17) is 11.6 Å². The Balaban J connectivity index is 1.69. The Kier molecular flexibility index (Phi) is 7.86. The zero-order valence-electron chi connectivity index (χ0n) is 17.0. The van der Waals surface area contributed by atoms with Gasteiger partial charge in [-0.05, 0) is 48.9 Å². The molecule has 3 N–H and O–H groups in total. The van der Waals surface area contributed by atoms with E-state index in [1.165, 1.54) is 30.1 Å². The van der Waals surface area contributed by atoms with Crippen molar-refractivity contribution in [3.05, 3.63) is 83.0 Å². The van der Waals surface area contributed by atoms with Gasteiger partial charge in [0, 0.05) is 16.8 Å². The number of carboxylic acid groups (broad SMARTS) is 1. The highest BCUT2D eigenvalue weighted by Gasteiger charge is 2.19. The Morgan fingerprint density at radius 2 is 1.78 bits per heavy atom. The minimum absolute atomic E-state index is 0.0688. The first-order chi connectivity index (χ1) is 15.4. The average molecular weight is 470 g/mol. The summed E-state index contributed by atoms with van der Waals surface area (Å²) < 4.78 is 0. The molecule has 2 aromatic carbocycles. The molecule has 0 aliphatic heterocycles. The van der Waals surface area contributed by atoms with Gasteiger partial charge in [-0.3, -0.25) is 9.59 Å². The first kappa shape index (κ1) is 23.3. The molecular weight excluding hydrogens is 450 g/mol. The van der Waals surface area contributed by atoms with Crippen LogP contribution in [0, 0.1) is 0 Å². The summed E-state index contributed by atoms with van der Waals surface area (Å²) in [6.07, 6.45) is 2.03. The standard InChI is InChI=1S/C23H20ClN3O4S/c1-2-19(22(29)27-20-11-10-14(24)13-25-20)32-16-7-5-6-15(12-16)26-21(28)17-8-3-4-9-18(17)23(30)31/h3-13,19H,2H2,1H3,(H,26,28)(H,30,31)(H,25,27,29). The van der Waals surface area contributed by atoms with E-state index in [1.54, 1.807) is 42.5 Å². The van der Waals surface area contributed by atoms with Crippen molar-refractivity contribution in [3.63, 3.8) is 0 Å². The van der Waals surface area contributed by atoms with E-state index in [-0.39, 0.29) is 22.3 Å². The molecule has 0 radical (unpaired) electrons. The van der Waals surface area contributed by atoms with Gasteiger partial charge >= 0.3 is 5.97 Å². The van der Waals surface area contributed by atoms with Crippen molar-refractivity contribution >= 4 is 52.7 Å². The zero-order chi connectivity index (χ0) is 23.1. The van der Waals surface area contributed by atoms with Crippen LogP contribution in [0.4, 0.5) is 11.5 Å². The first-order valence-electron chi connectivity index (χ1n) is 9.70. The minimum Gasteiger partial charge on any atom is -0.478 e. The van der Waals surface area contributed by atoms with E-state index in [1.807, 2.05) is 13.0 Å². The number of benzene rings is 2. The molecule has 0 fully saturated rings. The molecule has 9 heteroatoms. The van der Waals surface area contributed by atoms with Crippen LogP contribution in [0.3, 0.4) is 0 Å². The van der Waals surface area contributed by atoms with E-state index < -0.39 is 11.9 Å². The molecule has 0 bridgehead atoms. The van der Waals surface area contributed by atoms with Gasteiger partial charge in [0.1, 0.15) is 5.82 Å². The summed E-state index contributed by atoms with van der Waals surface area (Å²) in [5, 5.41) is 14.9. The van der Waals surface area contributed by atoms with Crippen LogP contribution in [-0.2, 0) is 4.79 Å². The van der Waals surface area contributed by atoms with Crippen molar-refractivity contribution in [2.24, 2.45) is 0 Å². The van der Waals surface area contributed by atoms with Crippen molar-refractivity contribution in [2.75, 3.05) is 10.6 Å². The Labute approximate surface area is 194 Å². The number of amides is 2. The first-order valence-corrected chi connectivity index (χ1v) is 11.0. The van der Waals surface area contributed by atoms with Crippen molar-refractivity contribution in [1.29, 1.82) is 0 Å². The third-order valence-corrected chi connectivity index (χ3v) is 6.00. The molecule has 2 amide bonds. The number of nitrogens with zero attached hydrogens (tertiary/aromatic N) is 1. The molecule has 0 aliphatic rings. The number of carbonyl (C=O) groups excluding carboxylic acids is 2. The van der Waals surface area contributed by atoms with Crippen LogP contribution in [0.5, 0.6) is 0 Å². The summed E-state index contributed by atoms with van der Waals surface area (Å²) in [4.78, 5) is 41.5. The van der Waals surface area contributed by atoms with Gasteiger partial charge in [0.2, 0.25) is 5.91 Å². The molecule has 0 spiro atoms. The van der Waals surface area contributed by atoms with Gasteiger partial charge in [-0.1, -0.05) is 36.7 Å². The zero-order valence-corrected chi connectivity index (χ0v) is 18.6. The lowest BCUT2D eigenvalue weighted by Crippen LogP contribution is -2.25. The molecule has 1 unspecified atom stereocenters. The van der Waals surface area contributed by atoms with Crippen molar-refractivity contribution in [2.45, 2.75) is 23.5 Å². The van der Waals surface area contributed by atoms with E-state index >= 15 is 0 Å². The number of thioether (sulfide) groups is 1. The monoisotopic (exact) mass is 469 g/mol. The number of carboxylic acids is 1. The predicted octanol–water partition coefficient (Wildman–Crippen LogP) is 5.19. The molecular formula is C23H20ClN3O4S. The van der Waals surface area contributed by atoms with Crippen LogP contribution in [-0.4, -0.2) is 33.1 Å². The second-order valence-electron chi connectivity index (χ2n) is 6.70. The fraction of sp³-hybridized carbons (Fsp3) is 0.130. The summed E-state index contributed by atoms with van der Waals surface area (Å²) >= 11 is 7.17. The maximum atomic E-state index is 12.7.